The van der Waals surface area contributed by atoms with E-state index in [1.807, 2.05) is 14.0 Å². The van der Waals surface area contributed by atoms with Gasteiger partial charge in [-0.3, -0.25) is 4.79 Å². The van der Waals surface area contributed by atoms with Crippen LogP contribution in [0.2, 0.25) is 0 Å². The fourth-order valence-electron chi connectivity index (χ4n) is 1.60. The maximum absolute atomic E-state index is 11.0. The highest BCUT2D eigenvalue weighted by Gasteiger charge is 2.03. The Bertz CT molecular complexity index is 183. The van der Waals surface area contributed by atoms with Gasteiger partial charge in [-0.25, -0.2) is 0 Å². The number of hydrogen-bond acceptors (Lipinski definition) is 4. The average Bonchev–Trinajstić information content (AvgIpc) is 2.16. The van der Waals surface area contributed by atoms with E-state index in [9.17, 15) is 4.79 Å². The molecule has 0 bridgehead atoms. The van der Waals surface area contributed by atoms with Crippen LogP contribution in [0.1, 0.15) is 39.5 Å². The molecule has 96 valence electrons. The van der Waals surface area contributed by atoms with Gasteiger partial charge in [-0.15, -0.1) is 0 Å². The Morgan fingerprint density at radius 1 is 1.38 bits per heavy atom. The summed E-state index contributed by atoms with van der Waals surface area (Å²) in [5, 5.41) is 9.15. The normalized spacial score (nSPS) is 12.8. The molecule has 16 heavy (non-hydrogen) atoms. The Morgan fingerprint density at radius 2 is 2.06 bits per heavy atom. The number of likely N-dealkylation sites (N-methyl/N-ethyl adjacent to an activating group) is 1. The van der Waals surface area contributed by atoms with E-state index in [1.54, 1.807) is 6.92 Å². The summed E-state index contributed by atoms with van der Waals surface area (Å²) >= 11 is 0. The van der Waals surface area contributed by atoms with Crippen molar-refractivity contribution in [3.05, 3.63) is 0 Å². The number of nitrogens with zero attached hydrogens (tertiary/aromatic N) is 1. The average molecular weight is 231 g/mol. The Hall–Kier alpha value is -0.610. The van der Waals surface area contributed by atoms with Gasteiger partial charge in [0.2, 0.25) is 0 Å². The van der Waals surface area contributed by atoms with Crippen molar-refractivity contribution in [2.75, 3.05) is 26.7 Å². The molecular formula is C12H25NO3. The van der Waals surface area contributed by atoms with E-state index in [0.29, 0.717) is 19.6 Å². The molecular weight excluding hydrogens is 206 g/mol. The maximum Gasteiger partial charge on any atom is 0.305 e. The van der Waals surface area contributed by atoms with Crippen LogP contribution in [0.5, 0.6) is 0 Å². The Kier molecular flexibility index (Phi) is 9.24. The van der Waals surface area contributed by atoms with Crippen molar-refractivity contribution in [3.63, 3.8) is 0 Å². The van der Waals surface area contributed by atoms with E-state index in [1.165, 1.54) is 0 Å². The molecule has 0 aromatic rings. The SMILES string of the molecule is CCOC(=O)CCCCCN(C)CC(C)O. The predicted octanol–water partition coefficient (Wildman–Crippen LogP) is 1.42. The van der Waals surface area contributed by atoms with Crippen LogP contribution in [-0.4, -0.2) is 48.8 Å². The molecule has 0 spiro atoms. The van der Waals surface area contributed by atoms with E-state index in [2.05, 4.69) is 4.90 Å². The number of hydrogen-bond donors (Lipinski definition) is 1. The number of carbonyl (C=O) groups excluding carboxylic acids is 1. The first-order valence-corrected chi connectivity index (χ1v) is 6.08. The third kappa shape index (κ3) is 9.93. The minimum atomic E-state index is -0.274. The van der Waals surface area contributed by atoms with Gasteiger partial charge in [-0.1, -0.05) is 6.42 Å². The second kappa shape index (κ2) is 9.60. The van der Waals surface area contributed by atoms with Crippen molar-refractivity contribution in [1.29, 1.82) is 0 Å². The number of unbranched alkanes of at least 4 members (excludes halogenated alkanes) is 2. The van der Waals surface area contributed by atoms with Gasteiger partial charge < -0.3 is 14.7 Å². The summed E-state index contributed by atoms with van der Waals surface area (Å²) < 4.78 is 4.84. The first-order valence-electron chi connectivity index (χ1n) is 6.08. The van der Waals surface area contributed by atoms with Gasteiger partial charge >= 0.3 is 5.97 Å². The second-order valence-electron chi connectivity index (χ2n) is 4.23. The number of aliphatic hydroxyl groups excluding tert-OH is 1. The molecule has 1 N–H and O–H groups in total. The highest BCUT2D eigenvalue weighted by molar-refractivity contribution is 5.69. The van der Waals surface area contributed by atoms with Crippen molar-refractivity contribution in [3.8, 4) is 0 Å². The zero-order chi connectivity index (χ0) is 12.4. The van der Waals surface area contributed by atoms with E-state index < -0.39 is 0 Å². The Labute approximate surface area is 98.6 Å². The first kappa shape index (κ1) is 15.4. The standard InChI is InChI=1S/C12H25NO3/c1-4-16-12(15)8-6-5-7-9-13(3)10-11(2)14/h11,14H,4-10H2,1-3H3. The first-order chi connectivity index (χ1) is 7.56. The molecule has 4 heteroatoms. The van der Waals surface area contributed by atoms with Crippen LogP contribution < -0.4 is 0 Å². The van der Waals surface area contributed by atoms with Crippen molar-refractivity contribution < 1.29 is 14.6 Å². The number of ether oxygens (including phenoxy) is 1. The van der Waals surface area contributed by atoms with Gasteiger partial charge in [0.15, 0.2) is 0 Å². The number of aliphatic hydroxyl groups is 1. The molecule has 0 aromatic carbocycles. The summed E-state index contributed by atoms with van der Waals surface area (Å²) in [4.78, 5) is 13.1. The summed E-state index contributed by atoms with van der Waals surface area (Å²) in [5.41, 5.74) is 0. The van der Waals surface area contributed by atoms with Crippen LogP contribution in [-0.2, 0) is 9.53 Å². The third-order valence-electron chi connectivity index (χ3n) is 2.30. The minimum Gasteiger partial charge on any atom is -0.466 e. The Balaban J connectivity index is 3.29. The predicted molar refractivity (Wildman–Crippen MR) is 64.3 cm³/mol. The van der Waals surface area contributed by atoms with Gasteiger partial charge in [0.1, 0.15) is 0 Å². The van der Waals surface area contributed by atoms with E-state index in [-0.39, 0.29) is 12.1 Å². The summed E-state index contributed by atoms with van der Waals surface area (Å²) in [6.45, 7) is 5.75. The molecule has 0 aromatic heterocycles. The van der Waals surface area contributed by atoms with Crippen molar-refractivity contribution in [2.24, 2.45) is 0 Å². The molecule has 0 saturated carbocycles. The van der Waals surface area contributed by atoms with Crippen LogP contribution in [0.15, 0.2) is 0 Å². The van der Waals surface area contributed by atoms with Gasteiger partial charge in [-0.05, 0) is 40.3 Å². The van der Waals surface area contributed by atoms with Crippen LogP contribution in [0.4, 0.5) is 0 Å². The van der Waals surface area contributed by atoms with E-state index in [0.717, 1.165) is 25.8 Å². The topological polar surface area (TPSA) is 49.8 Å². The molecule has 0 aliphatic carbocycles. The zero-order valence-electron chi connectivity index (χ0n) is 10.7. The molecule has 0 amide bonds. The maximum atomic E-state index is 11.0. The van der Waals surface area contributed by atoms with Crippen LogP contribution in [0.3, 0.4) is 0 Å². The van der Waals surface area contributed by atoms with Crippen molar-refractivity contribution in [2.45, 2.75) is 45.6 Å². The largest absolute Gasteiger partial charge is 0.466 e. The lowest BCUT2D eigenvalue weighted by molar-refractivity contribution is -0.143. The van der Waals surface area contributed by atoms with Gasteiger partial charge in [-0.2, -0.15) is 0 Å². The van der Waals surface area contributed by atoms with Crippen molar-refractivity contribution in [1.82, 2.24) is 4.90 Å². The molecule has 0 fully saturated rings. The molecule has 1 unspecified atom stereocenters. The van der Waals surface area contributed by atoms with Crippen LogP contribution in [0.25, 0.3) is 0 Å². The quantitative estimate of drug-likeness (QED) is 0.481. The van der Waals surface area contributed by atoms with Crippen LogP contribution >= 0.6 is 0 Å². The van der Waals surface area contributed by atoms with E-state index in [4.69, 9.17) is 9.84 Å². The molecule has 4 nitrogen and oxygen atoms in total. The number of carbonyl (C=O) groups is 1. The Morgan fingerprint density at radius 3 is 2.62 bits per heavy atom. The molecule has 0 aliphatic heterocycles. The smallest absolute Gasteiger partial charge is 0.305 e. The summed E-state index contributed by atoms with van der Waals surface area (Å²) in [7, 11) is 2.00. The summed E-state index contributed by atoms with van der Waals surface area (Å²) in [6.07, 6.45) is 3.23. The molecule has 0 radical (unpaired) electrons. The number of rotatable bonds is 9. The molecule has 0 aliphatic rings. The molecule has 0 saturated heterocycles. The molecule has 0 rings (SSSR count). The second-order valence-corrected chi connectivity index (χ2v) is 4.23. The third-order valence-corrected chi connectivity index (χ3v) is 2.30. The highest BCUT2D eigenvalue weighted by Crippen LogP contribution is 2.02. The van der Waals surface area contributed by atoms with E-state index >= 15 is 0 Å². The van der Waals surface area contributed by atoms with Gasteiger partial charge in [0, 0.05) is 13.0 Å². The highest BCUT2D eigenvalue weighted by atomic mass is 16.5. The molecule has 0 heterocycles. The summed E-state index contributed by atoms with van der Waals surface area (Å²) in [6, 6.07) is 0. The van der Waals surface area contributed by atoms with Gasteiger partial charge in [0.05, 0.1) is 12.7 Å². The monoisotopic (exact) mass is 231 g/mol. The lowest BCUT2D eigenvalue weighted by Crippen LogP contribution is -2.28. The number of esters is 1. The van der Waals surface area contributed by atoms with Crippen molar-refractivity contribution >= 4 is 5.97 Å². The minimum absolute atomic E-state index is 0.0974. The lowest BCUT2D eigenvalue weighted by Gasteiger charge is -2.17. The zero-order valence-corrected chi connectivity index (χ0v) is 10.7. The van der Waals surface area contributed by atoms with Gasteiger partial charge in [0.25, 0.3) is 0 Å². The van der Waals surface area contributed by atoms with Crippen LogP contribution in [0, 0.1) is 0 Å². The molecule has 1 atom stereocenters. The summed E-state index contributed by atoms with van der Waals surface area (Å²) in [5.74, 6) is -0.0974. The fraction of sp³-hybridized carbons (Fsp3) is 0.917. The fourth-order valence-corrected chi connectivity index (χ4v) is 1.60. The lowest BCUT2D eigenvalue weighted by atomic mass is 10.2.